The Morgan fingerprint density at radius 3 is 1.28 bits per heavy atom. The molecule has 0 N–H and O–H groups in total. The number of nitrogens with zero attached hydrogens (tertiary/aromatic N) is 2. The average Bonchev–Trinajstić information content (AvgIpc) is 3.89. The highest BCUT2D eigenvalue weighted by molar-refractivity contribution is 6.23. The van der Waals surface area contributed by atoms with E-state index < -0.39 is 0 Å². The van der Waals surface area contributed by atoms with E-state index in [9.17, 15) is 0 Å². The summed E-state index contributed by atoms with van der Waals surface area (Å²) < 4.78 is 0. The fourth-order valence-electron chi connectivity index (χ4n) is 13.4. The first-order valence-electron chi connectivity index (χ1n) is 25.3. The van der Waals surface area contributed by atoms with E-state index in [1.165, 1.54) is 105 Å². The summed E-state index contributed by atoms with van der Waals surface area (Å²) in [4.78, 5) is 4.97. The van der Waals surface area contributed by atoms with Gasteiger partial charge in [0, 0.05) is 50.1 Å². The zero-order chi connectivity index (χ0) is 48.0. The highest BCUT2D eigenvalue weighted by Gasteiger charge is 2.42. The van der Waals surface area contributed by atoms with Crippen LogP contribution >= 0.6 is 0 Å². The maximum absolute atomic E-state index is 2.54. The molecule has 0 amide bonds. The van der Waals surface area contributed by atoms with Crippen LogP contribution in [0.5, 0.6) is 0 Å². The van der Waals surface area contributed by atoms with E-state index in [4.69, 9.17) is 0 Å². The Bertz CT molecular complexity index is 4030. The minimum absolute atomic E-state index is 0.113. The van der Waals surface area contributed by atoms with Crippen molar-refractivity contribution in [1.82, 2.24) is 0 Å². The number of para-hydroxylation sites is 2. The summed E-state index contributed by atoms with van der Waals surface area (Å²) in [7, 11) is 0. The van der Waals surface area contributed by atoms with Crippen LogP contribution in [-0.2, 0) is 16.2 Å². The van der Waals surface area contributed by atoms with Crippen molar-refractivity contribution >= 4 is 66.4 Å². The van der Waals surface area contributed by atoms with Gasteiger partial charge >= 0.3 is 0 Å². The number of anilines is 6. The highest BCUT2D eigenvalue weighted by Crippen LogP contribution is 2.60. The lowest BCUT2D eigenvalue weighted by atomic mass is 9.78. The molecule has 0 atom stereocenters. The zero-order valence-corrected chi connectivity index (χ0v) is 41.2. The topological polar surface area (TPSA) is 6.48 Å². The molecule has 0 aromatic heterocycles. The first-order chi connectivity index (χ1) is 34.5. The van der Waals surface area contributed by atoms with Crippen molar-refractivity contribution in [2.75, 3.05) is 9.80 Å². The Hall–Kier alpha value is -8.20. The van der Waals surface area contributed by atoms with Crippen LogP contribution in [0, 0.1) is 0 Å². The molecule has 71 heavy (non-hydrogen) atoms. The molecule has 340 valence electrons. The lowest BCUT2D eigenvalue weighted by molar-refractivity contribution is 0.660. The van der Waals surface area contributed by atoms with Crippen LogP contribution in [0.1, 0.15) is 74.9 Å². The van der Waals surface area contributed by atoms with E-state index in [1.807, 2.05) is 0 Å². The molecule has 3 aliphatic rings. The first kappa shape index (κ1) is 41.7. The van der Waals surface area contributed by atoms with Crippen molar-refractivity contribution in [3.05, 3.63) is 252 Å². The fourth-order valence-corrected chi connectivity index (χ4v) is 13.4. The Balaban J connectivity index is 0.975. The SMILES string of the molecule is CC1(C)c2ccccc2-c2ccc(N(c3ccccc3)c3ccc4c5c(c6ccccc6c4c3)-c3c(cc(N(c4ccccc4)c4ccc6c(c4)C(C)(C)c4ccccc4-6)c4ccccc34)C5(C)C)cc21. The quantitative estimate of drug-likeness (QED) is 0.153. The molecule has 0 saturated carbocycles. The molecule has 0 fully saturated rings. The van der Waals surface area contributed by atoms with Crippen molar-refractivity contribution in [3.8, 4) is 33.4 Å². The van der Waals surface area contributed by atoms with E-state index in [0.717, 1.165) is 28.4 Å². The molecule has 11 aromatic rings. The van der Waals surface area contributed by atoms with Crippen LogP contribution in [0.4, 0.5) is 34.1 Å². The minimum Gasteiger partial charge on any atom is -0.310 e. The fraction of sp³-hybridized carbons (Fsp3) is 0.130. The van der Waals surface area contributed by atoms with E-state index in [-0.39, 0.29) is 16.2 Å². The van der Waals surface area contributed by atoms with Crippen LogP contribution in [-0.4, -0.2) is 0 Å². The van der Waals surface area contributed by atoms with E-state index in [2.05, 4.69) is 270 Å². The van der Waals surface area contributed by atoms with Crippen molar-refractivity contribution in [2.24, 2.45) is 0 Å². The summed E-state index contributed by atoms with van der Waals surface area (Å²) in [5, 5.41) is 7.64. The summed E-state index contributed by atoms with van der Waals surface area (Å²) in [6.45, 7) is 14.4. The predicted octanol–water partition coefficient (Wildman–Crippen LogP) is 19.0. The van der Waals surface area contributed by atoms with Gasteiger partial charge in [-0.25, -0.2) is 0 Å². The normalized spacial score (nSPS) is 15.0. The summed E-state index contributed by atoms with van der Waals surface area (Å²) in [6, 6.07) is 82.1. The monoisotopic (exact) mass is 910 g/mol. The van der Waals surface area contributed by atoms with Gasteiger partial charge in [0.15, 0.2) is 0 Å². The zero-order valence-electron chi connectivity index (χ0n) is 41.2. The lowest BCUT2D eigenvalue weighted by Gasteiger charge is -2.31. The standard InChI is InChI=1S/C69H54N2/c1-67(2)58-31-19-17-26-49(58)51-36-33-46(40-60(51)67)70(43-21-9-7-10-22-43)45-35-38-56-57(39-45)48-25-13-15-29-54(48)65-64-55-30-16-14-28-53(55)63(42-62(64)69(5,6)66(56)65)71(44-23-11-8-12-24-44)47-34-37-52-50-27-18-20-32-59(50)68(3,4)61(52)41-47/h7-42H,1-6H3. The Morgan fingerprint density at radius 1 is 0.254 bits per heavy atom. The van der Waals surface area contributed by atoms with Crippen molar-refractivity contribution in [3.63, 3.8) is 0 Å². The van der Waals surface area contributed by atoms with Crippen LogP contribution in [0.3, 0.4) is 0 Å². The average molecular weight is 911 g/mol. The third-order valence-corrected chi connectivity index (χ3v) is 16.8. The third-order valence-electron chi connectivity index (χ3n) is 16.8. The second-order valence-electron chi connectivity index (χ2n) is 21.7. The maximum Gasteiger partial charge on any atom is 0.0543 e. The van der Waals surface area contributed by atoms with E-state index in [0.29, 0.717) is 0 Å². The van der Waals surface area contributed by atoms with Crippen molar-refractivity contribution in [1.29, 1.82) is 0 Å². The smallest absolute Gasteiger partial charge is 0.0543 e. The Labute approximate surface area is 417 Å². The van der Waals surface area contributed by atoms with Gasteiger partial charge < -0.3 is 9.80 Å². The van der Waals surface area contributed by atoms with Gasteiger partial charge in [0.25, 0.3) is 0 Å². The van der Waals surface area contributed by atoms with Gasteiger partial charge in [-0.1, -0.05) is 193 Å². The number of hydrogen-bond acceptors (Lipinski definition) is 2. The molecule has 0 heterocycles. The summed E-state index contributed by atoms with van der Waals surface area (Å²) in [5.74, 6) is 0. The van der Waals surface area contributed by atoms with Crippen LogP contribution < -0.4 is 9.80 Å². The van der Waals surface area contributed by atoms with Gasteiger partial charge in [0.1, 0.15) is 0 Å². The summed E-state index contributed by atoms with van der Waals surface area (Å²) in [5.41, 5.74) is 22.6. The molecule has 0 spiro atoms. The minimum atomic E-state index is -0.336. The molecule has 11 aromatic carbocycles. The molecule has 0 aliphatic heterocycles. The van der Waals surface area contributed by atoms with Crippen LogP contribution in [0.25, 0.3) is 65.7 Å². The Kier molecular flexibility index (Phi) is 8.76. The largest absolute Gasteiger partial charge is 0.310 e. The van der Waals surface area contributed by atoms with Gasteiger partial charge in [0.05, 0.1) is 5.69 Å². The second-order valence-corrected chi connectivity index (χ2v) is 21.7. The lowest BCUT2D eigenvalue weighted by Crippen LogP contribution is -2.18. The second kappa shape index (κ2) is 14.9. The molecule has 0 radical (unpaired) electrons. The van der Waals surface area contributed by atoms with Crippen molar-refractivity contribution < 1.29 is 0 Å². The number of rotatable bonds is 6. The van der Waals surface area contributed by atoms with Gasteiger partial charge in [-0.15, -0.1) is 0 Å². The maximum atomic E-state index is 2.54. The third kappa shape index (κ3) is 5.82. The van der Waals surface area contributed by atoms with Crippen molar-refractivity contribution in [2.45, 2.75) is 57.8 Å². The molecule has 2 nitrogen and oxygen atoms in total. The summed E-state index contributed by atoms with van der Waals surface area (Å²) >= 11 is 0. The molecule has 14 rings (SSSR count). The number of fused-ring (bicyclic) bond motifs is 16. The van der Waals surface area contributed by atoms with E-state index in [1.54, 1.807) is 0 Å². The molecule has 2 heteroatoms. The van der Waals surface area contributed by atoms with Gasteiger partial charge in [-0.3, -0.25) is 0 Å². The predicted molar refractivity (Wildman–Crippen MR) is 301 cm³/mol. The van der Waals surface area contributed by atoms with Gasteiger partial charge in [0.2, 0.25) is 0 Å². The molecule has 3 aliphatic carbocycles. The molecule has 0 saturated heterocycles. The molecule has 0 bridgehead atoms. The Morgan fingerprint density at radius 2 is 0.690 bits per heavy atom. The van der Waals surface area contributed by atoms with Gasteiger partial charge in [-0.05, 0) is 160 Å². The highest BCUT2D eigenvalue weighted by atomic mass is 15.1. The van der Waals surface area contributed by atoms with Crippen LogP contribution in [0.2, 0.25) is 0 Å². The van der Waals surface area contributed by atoms with E-state index >= 15 is 0 Å². The number of hydrogen-bond donors (Lipinski definition) is 0. The summed E-state index contributed by atoms with van der Waals surface area (Å²) in [6.07, 6.45) is 0. The van der Waals surface area contributed by atoms with Crippen LogP contribution in [0.15, 0.2) is 218 Å². The molecular formula is C69H54N2. The molecule has 0 unspecified atom stereocenters. The molecular weight excluding hydrogens is 857 g/mol. The van der Waals surface area contributed by atoms with Gasteiger partial charge in [-0.2, -0.15) is 0 Å². The first-order valence-corrected chi connectivity index (χ1v) is 25.3. The number of benzene rings is 11.